The first-order valence-electron chi connectivity index (χ1n) is 6.36. The summed E-state index contributed by atoms with van der Waals surface area (Å²) in [5.74, 6) is -0.201. The first kappa shape index (κ1) is 14.2. The van der Waals surface area contributed by atoms with Crippen LogP contribution in [0.15, 0.2) is 46.9 Å². The first-order chi connectivity index (χ1) is 9.15. The highest BCUT2D eigenvalue weighted by Gasteiger charge is 2.16. The van der Waals surface area contributed by atoms with E-state index in [1.807, 2.05) is 19.2 Å². The highest BCUT2D eigenvalue weighted by Crippen LogP contribution is 2.26. The molecule has 0 fully saturated rings. The molecule has 0 spiro atoms. The molecule has 0 aliphatic heterocycles. The quantitative estimate of drug-likeness (QED) is 0.876. The van der Waals surface area contributed by atoms with Crippen molar-refractivity contribution in [2.24, 2.45) is 0 Å². The third-order valence-corrected chi connectivity index (χ3v) is 3.78. The highest BCUT2D eigenvalue weighted by atomic mass is 79.9. The third kappa shape index (κ3) is 3.23. The summed E-state index contributed by atoms with van der Waals surface area (Å²) < 4.78 is 14.8. The van der Waals surface area contributed by atoms with Crippen molar-refractivity contribution in [2.75, 3.05) is 7.05 Å². The molecule has 2 rings (SSSR count). The van der Waals surface area contributed by atoms with E-state index in [1.54, 1.807) is 0 Å². The van der Waals surface area contributed by atoms with Gasteiger partial charge in [-0.15, -0.1) is 0 Å². The predicted octanol–water partition coefficient (Wildman–Crippen LogP) is 4.46. The maximum absolute atomic E-state index is 14.0. The van der Waals surface area contributed by atoms with E-state index in [0.717, 1.165) is 16.5 Å². The zero-order chi connectivity index (χ0) is 13.8. The summed E-state index contributed by atoms with van der Waals surface area (Å²) in [5.41, 5.74) is 3.02. The lowest BCUT2D eigenvalue weighted by Gasteiger charge is -2.18. The Labute approximate surface area is 122 Å². The van der Waals surface area contributed by atoms with Gasteiger partial charge in [-0.05, 0) is 36.7 Å². The van der Waals surface area contributed by atoms with Crippen LogP contribution in [0.1, 0.15) is 29.7 Å². The molecule has 0 aliphatic rings. The molecule has 0 heterocycles. The van der Waals surface area contributed by atoms with Crippen LogP contribution in [0.3, 0.4) is 0 Å². The Bertz CT molecular complexity index is 551. The Balaban J connectivity index is 2.37. The van der Waals surface area contributed by atoms with E-state index in [4.69, 9.17) is 0 Å². The Morgan fingerprint density at radius 1 is 1.16 bits per heavy atom. The molecule has 1 nitrogen and oxygen atoms in total. The lowest BCUT2D eigenvalue weighted by atomic mass is 9.97. The van der Waals surface area contributed by atoms with Gasteiger partial charge in [-0.3, -0.25) is 0 Å². The molecule has 0 aliphatic carbocycles. The molecule has 2 aromatic rings. The van der Waals surface area contributed by atoms with Gasteiger partial charge in [-0.2, -0.15) is 0 Å². The minimum atomic E-state index is -0.201. The van der Waals surface area contributed by atoms with Crippen molar-refractivity contribution in [1.82, 2.24) is 5.32 Å². The minimum absolute atomic E-state index is 0.126. The van der Waals surface area contributed by atoms with Gasteiger partial charge in [0.15, 0.2) is 0 Å². The highest BCUT2D eigenvalue weighted by molar-refractivity contribution is 9.10. The normalized spacial score (nSPS) is 12.4. The lowest BCUT2D eigenvalue weighted by Crippen LogP contribution is -2.19. The van der Waals surface area contributed by atoms with Gasteiger partial charge in [-0.1, -0.05) is 53.2 Å². The lowest BCUT2D eigenvalue weighted by molar-refractivity contribution is 0.575. The van der Waals surface area contributed by atoms with Gasteiger partial charge in [0.2, 0.25) is 0 Å². The largest absolute Gasteiger partial charge is 0.309 e. The average Bonchev–Trinajstić information content (AvgIpc) is 2.42. The van der Waals surface area contributed by atoms with Gasteiger partial charge in [0.1, 0.15) is 5.82 Å². The maximum atomic E-state index is 14.0. The number of aryl methyl sites for hydroxylation is 1. The van der Waals surface area contributed by atoms with Gasteiger partial charge in [0, 0.05) is 10.0 Å². The molecule has 0 saturated carbocycles. The Kier molecular flexibility index (Phi) is 4.72. The molecular formula is C16H17BrFN. The Morgan fingerprint density at radius 2 is 1.84 bits per heavy atom. The third-order valence-electron chi connectivity index (χ3n) is 3.28. The van der Waals surface area contributed by atoms with Crippen LogP contribution in [0.4, 0.5) is 4.39 Å². The summed E-state index contributed by atoms with van der Waals surface area (Å²) >= 11 is 3.28. The summed E-state index contributed by atoms with van der Waals surface area (Å²) in [6, 6.07) is 13.4. The predicted molar refractivity (Wildman–Crippen MR) is 80.8 cm³/mol. The molecule has 2 aromatic carbocycles. The average molecular weight is 322 g/mol. The van der Waals surface area contributed by atoms with Gasteiger partial charge < -0.3 is 5.32 Å². The van der Waals surface area contributed by atoms with Crippen LogP contribution >= 0.6 is 15.9 Å². The first-order valence-corrected chi connectivity index (χ1v) is 7.16. The van der Waals surface area contributed by atoms with Crippen molar-refractivity contribution in [2.45, 2.75) is 19.4 Å². The molecule has 0 amide bonds. The summed E-state index contributed by atoms with van der Waals surface area (Å²) in [6.45, 7) is 2.12. The molecule has 0 radical (unpaired) electrons. The second-order valence-electron chi connectivity index (χ2n) is 4.48. The fraction of sp³-hybridized carbons (Fsp3) is 0.250. The smallest absolute Gasteiger partial charge is 0.129 e. The van der Waals surface area contributed by atoms with Crippen LogP contribution in [0.2, 0.25) is 0 Å². The van der Waals surface area contributed by atoms with E-state index in [0.29, 0.717) is 5.56 Å². The molecule has 0 saturated heterocycles. The van der Waals surface area contributed by atoms with Crippen LogP contribution < -0.4 is 5.32 Å². The van der Waals surface area contributed by atoms with Crippen molar-refractivity contribution >= 4 is 15.9 Å². The topological polar surface area (TPSA) is 12.0 Å². The van der Waals surface area contributed by atoms with E-state index in [2.05, 4.69) is 52.4 Å². The Hall–Kier alpha value is -1.19. The standard InChI is InChI=1S/C16H17BrFN/c1-3-11-4-6-12(7-5-11)16(19-2)14-9-8-13(17)10-15(14)18/h4-10,16,19H,3H2,1-2H3. The summed E-state index contributed by atoms with van der Waals surface area (Å²) in [7, 11) is 1.85. The summed E-state index contributed by atoms with van der Waals surface area (Å²) in [4.78, 5) is 0. The zero-order valence-electron chi connectivity index (χ0n) is 11.1. The van der Waals surface area contributed by atoms with Crippen LogP contribution in [0.25, 0.3) is 0 Å². The second-order valence-corrected chi connectivity index (χ2v) is 5.40. The summed E-state index contributed by atoms with van der Waals surface area (Å²) in [6.07, 6.45) is 1.01. The Morgan fingerprint density at radius 3 is 2.37 bits per heavy atom. The number of hydrogen-bond donors (Lipinski definition) is 1. The van der Waals surface area contributed by atoms with Crippen LogP contribution in [0, 0.1) is 5.82 Å². The van der Waals surface area contributed by atoms with E-state index in [9.17, 15) is 4.39 Å². The molecule has 19 heavy (non-hydrogen) atoms. The van der Waals surface area contributed by atoms with E-state index < -0.39 is 0 Å². The molecule has 1 unspecified atom stereocenters. The van der Waals surface area contributed by atoms with Gasteiger partial charge in [0.25, 0.3) is 0 Å². The van der Waals surface area contributed by atoms with Gasteiger partial charge >= 0.3 is 0 Å². The molecule has 0 aromatic heterocycles. The fourth-order valence-electron chi connectivity index (χ4n) is 2.18. The van der Waals surface area contributed by atoms with Crippen LogP contribution in [-0.2, 0) is 6.42 Å². The molecule has 1 N–H and O–H groups in total. The van der Waals surface area contributed by atoms with Gasteiger partial charge in [0.05, 0.1) is 6.04 Å². The van der Waals surface area contributed by atoms with E-state index in [-0.39, 0.29) is 11.9 Å². The van der Waals surface area contributed by atoms with E-state index in [1.165, 1.54) is 11.6 Å². The van der Waals surface area contributed by atoms with Crippen molar-refractivity contribution in [3.63, 3.8) is 0 Å². The number of nitrogens with one attached hydrogen (secondary N) is 1. The monoisotopic (exact) mass is 321 g/mol. The summed E-state index contributed by atoms with van der Waals surface area (Å²) in [5, 5.41) is 3.18. The van der Waals surface area contributed by atoms with Crippen LogP contribution in [0.5, 0.6) is 0 Å². The van der Waals surface area contributed by atoms with Crippen molar-refractivity contribution in [1.29, 1.82) is 0 Å². The van der Waals surface area contributed by atoms with Gasteiger partial charge in [-0.25, -0.2) is 4.39 Å². The number of halogens is 2. The fourth-order valence-corrected chi connectivity index (χ4v) is 2.52. The molecule has 3 heteroatoms. The molecular weight excluding hydrogens is 305 g/mol. The maximum Gasteiger partial charge on any atom is 0.129 e. The van der Waals surface area contributed by atoms with Crippen molar-refractivity contribution < 1.29 is 4.39 Å². The van der Waals surface area contributed by atoms with E-state index >= 15 is 0 Å². The zero-order valence-corrected chi connectivity index (χ0v) is 12.7. The second kappa shape index (κ2) is 6.31. The van der Waals surface area contributed by atoms with Crippen molar-refractivity contribution in [3.05, 3.63) is 69.4 Å². The number of hydrogen-bond acceptors (Lipinski definition) is 1. The molecule has 100 valence electrons. The number of benzene rings is 2. The minimum Gasteiger partial charge on any atom is -0.309 e. The molecule has 1 atom stereocenters. The molecule has 0 bridgehead atoms. The van der Waals surface area contributed by atoms with Crippen LogP contribution in [-0.4, -0.2) is 7.05 Å². The number of rotatable bonds is 4. The van der Waals surface area contributed by atoms with Crippen molar-refractivity contribution in [3.8, 4) is 0 Å². The SMILES string of the molecule is CCc1ccc(C(NC)c2ccc(Br)cc2F)cc1.